The first-order valence-electron chi connectivity index (χ1n) is 9.59. The van der Waals surface area contributed by atoms with Gasteiger partial charge in [0.25, 0.3) is 0 Å². The lowest BCUT2D eigenvalue weighted by atomic mass is 9.93. The van der Waals surface area contributed by atoms with Gasteiger partial charge in [0, 0.05) is 11.6 Å². The summed E-state index contributed by atoms with van der Waals surface area (Å²) in [6, 6.07) is 13.2. The predicted molar refractivity (Wildman–Crippen MR) is 106 cm³/mol. The molecule has 4 rings (SSSR count). The quantitative estimate of drug-likeness (QED) is 0.639. The van der Waals surface area contributed by atoms with Gasteiger partial charge in [-0.15, -0.1) is 5.10 Å². The number of ketones is 1. The number of rotatable bonds is 6. The molecule has 1 aliphatic carbocycles. The summed E-state index contributed by atoms with van der Waals surface area (Å²) in [6.07, 6.45) is 3.41. The summed E-state index contributed by atoms with van der Waals surface area (Å²) in [5.41, 5.74) is 1.28. The highest BCUT2D eigenvalue weighted by atomic mass is 16.5. The van der Waals surface area contributed by atoms with Gasteiger partial charge in [-0.2, -0.15) is 4.52 Å². The van der Waals surface area contributed by atoms with Crippen LogP contribution in [0.15, 0.2) is 42.5 Å². The molecule has 3 aromatic rings. The minimum Gasteiger partial charge on any atom is -0.497 e. The Morgan fingerprint density at radius 3 is 2.79 bits per heavy atom. The molecule has 0 radical (unpaired) electrons. The van der Waals surface area contributed by atoms with Gasteiger partial charge in [0.1, 0.15) is 11.6 Å². The highest BCUT2D eigenvalue weighted by molar-refractivity contribution is 5.97. The fraction of sp³-hybridized carbons (Fsp3) is 0.381. The van der Waals surface area contributed by atoms with E-state index in [1.165, 1.54) is 0 Å². The number of benzene rings is 1. The van der Waals surface area contributed by atoms with E-state index >= 15 is 0 Å². The van der Waals surface area contributed by atoms with Gasteiger partial charge in [-0.05, 0) is 49.9 Å². The number of nitrogens with one attached hydrogen (secondary N) is 1. The zero-order chi connectivity index (χ0) is 19.5. The van der Waals surface area contributed by atoms with Gasteiger partial charge in [-0.3, -0.25) is 4.79 Å². The maximum absolute atomic E-state index is 12.6. The Morgan fingerprint density at radius 2 is 2.00 bits per heavy atom. The van der Waals surface area contributed by atoms with Crippen molar-refractivity contribution in [2.24, 2.45) is 0 Å². The fourth-order valence-corrected chi connectivity index (χ4v) is 3.61. The molecule has 7 heteroatoms. The third kappa shape index (κ3) is 3.99. The first-order valence-corrected chi connectivity index (χ1v) is 9.59. The number of fused-ring (bicyclic) bond motifs is 1. The van der Waals surface area contributed by atoms with Crippen LogP contribution < -0.4 is 10.1 Å². The van der Waals surface area contributed by atoms with Gasteiger partial charge in [-0.25, -0.2) is 4.98 Å². The molecule has 0 unspecified atom stereocenters. The molecule has 1 fully saturated rings. The van der Waals surface area contributed by atoms with Crippen LogP contribution in [-0.4, -0.2) is 44.7 Å². The first kappa shape index (κ1) is 18.4. The maximum atomic E-state index is 12.6. The summed E-state index contributed by atoms with van der Waals surface area (Å²) in [6.45, 7) is 0. The van der Waals surface area contributed by atoms with Gasteiger partial charge < -0.3 is 15.2 Å². The van der Waals surface area contributed by atoms with Crippen molar-refractivity contribution in [1.29, 1.82) is 0 Å². The third-order valence-corrected chi connectivity index (χ3v) is 5.16. The average Bonchev–Trinajstić information content (AvgIpc) is 3.13. The molecule has 146 valence electrons. The van der Waals surface area contributed by atoms with E-state index in [2.05, 4.69) is 15.4 Å². The molecule has 0 aliphatic heterocycles. The van der Waals surface area contributed by atoms with Gasteiger partial charge >= 0.3 is 0 Å². The van der Waals surface area contributed by atoms with Crippen molar-refractivity contribution in [3.63, 3.8) is 0 Å². The van der Waals surface area contributed by atoms with Crippen LogP contribution in [0.4, 0.5) is 5.82 Å². The molecule has 0 spiro atoms. The van der Waals surface area contributed by atoms with Crippen LogP contribution in [0.5, 0.6) is 5.75 Å². The van der Waals surface area contributed by atoms with Crippen LogP contribution in [0.1, 0.15) is 41.9 Å². The van der Waals surface area contributed by atoms with Crippen molar-refractivity contribution < 1.29 is 14.6 Å². The molecular weight excluding hydrogens is 356 g/mol. The SMILES string of the molecule is COc1cccc(C(=O)Cc2nc3cccc(NC4CCC(O)CC4)n3n2)c1. The second-order valence-electron chi connectivity index (χ2n) is 7.19. The minimum atomic E-state index is -0.186. The Labute approximate surface area is 163 Å². The van der Waals surface area contributed by atoms with Crippen LogP contribution in [0.2, 0.25) is 0 Å². The molecule has 1 aliphatic rings. The zero-order valence-corrected chi connectivity index (χ0v) is 15.8. The maximum Gasteiger partial charge on any atom is 0.170 e. The number of carbonyl (C=O) groups excluding carboxylic acids is 1. The molecule has 2 heterocycles. The van der Waals surface area contributed by atoms with Crippen molar-refractivity contribution in [2.75, 3.05) is 12.4 Å². The van der Waals surface area contributed by atoms with Gasteiger partial charge in [-0.1, -0.05) is 18.2 Å². The number of aliphatic hydroxyl groups excluding tert-OH is 1. The van der Waals surface area contributed by atoms with Crippen molar-refractivity contribution in [1.82, 2.24) is 14.6 Å². The summed E-state index contributed by atoms with van der Waals surface area (Å²) in [7, 11) is 1.58. The highest BCUT2D eigenvalue weighted by Crippen LogP contribution is 2.22. The number of carbonyl (C=O) groups is 1. The lowest BCUT2D eigenvalue weighted by Gasteiger charge is -2.26. The number of pyridine rings is 1. The molecule has 0 amide bonds. The number of hydrogen-bond acceptors (Lipinski definition) is 6. The molecule has 7 nitrogen and oxygen atoms in total. The Bertz CT molecular complexity index is 977. The van der Waals surface area contributed by atoms with E-state index in [1.807, 2.05) is 24.3 Å². The molecule has 0 atom stereocenters. The Kier molecular flexibility index (Phi) is 5.25. The number of ether oxygens (including phenoxy) is 1. The molecule has 2 N–H and O–H groups in total. The van der Waals surface area contributed by atoms with Crippen molar-refractivity contribution in [2.45, 2.75) is 44.2 Å². The second kappa shape index (κ2) is 7.98. The molecular formula is C21H24N4O3. The largest absolute Gasteiger partial charge is 0.497 e. The number of aromatic nitrogens is 3. The van der Waals surface area contributed by atoms with E-state index in [0.29, 0.717) is 28.8 Å². The lowest BCUT2D eigenvalue weighted by Crippen LogP contribution is -2.29. The average molecular weight is 380 g/mol. The van der Waals surface area contributed by atoms with Crippen LogP contribution in [0.25, 0.3) is 5.65 Å². The van der Waals surface area contributed by atoms with Crippen molar-refractivity contribution >= 4 is 17.2 Å². The van der Waals surface area contributed by atoms with E-state index in [0.717, 1.165) is 31.5 Å². The number of Topliss-reactive ketones (excluding diaryl/α,β-unsaturated/α-hetero) is 1. The monoisotopic (exact) mass is 380 g/mol. The second-order valence-corrected chi connectivity index (χ2v) is 7.19. The Hall–Kier alpha value is -2.93. The molecule has 2 aromatic heterocycles. The number of methoxy groups -OCH3 is 1. The topological polar surface area (TPSA) is 88.8 Å². The molecule has 28 heavy (non-hydrogen) atoms. The molecule has 1 saturated carbocycles. The predicted octanol–water partition coefficient (Wildman–Crippen LogP) is 2.88. The van der Waals surface area contributed by atoms with Crippen LogP contribution in [-0.2, 0) is 6.42 Å². The summed E-state index contributed by atoms with van der Waals surface area (Å²) >= 11 is 0. The fourth-order valence-electron chi connectivity index (χ4n) is 3.61. The standard InChI is InChI=1S/C21H24N4O3/c1-28-17-5-2-4-14(12-17)18(27)13-19-23-21-7-3-6-20(25(21)24-19)22-15-8-10-16(26)11-9-15/h2-7,12,15-16,22,26H,8-11,13H2,1H3. The third-order valence-electron chi connectivity index (χ3n) is 5.16. The summed E-state index contributed by atoms with van der Waals surface area (Å²) in [5.74, 6) is 1.94. The number of nitrogens with zero attached hydrogens (tertiary/aromatic N) is 3. The van der Waals surface area contributed by atoms with E-state index in [9.17, 15) is 9.90 Å². The van der Waals surface area contributed by atoms with E-state index < -0.39 is 0 Å². The summed E-state index contributed by atoms with van der Waals surface area (Å²) in [5, 5.41) is 17.7. The molecule has 0 bridgehead atoms. The molecule has 1 aromatic carbocycles. The number of anilines is 1. The normalized spacial score (nSPS) is 19.5. The van der Waals surface area contributed by atoms with E-state index in [-0.39, 0.29) is 18.3 Å². The van der Waals surface area contributed by atoms with Crippen LogP contribution in [0, 0.1) is 0 Å². The lowest BCUT2D eigenvalue weighted by molar-refractivity contribution is 0.0990. The van der Waals surface area contributed by atoms with Crippen molar-refractivity contribution in [3.8, 4) is 5.75 Å². The van der Waals surface area contributed by atoms with Gasteiger partial charge in [0.05, 0.1) is 19.6 Å². The van der Waals surface area contributed by atoms with E-state index in [4.69, 9.17) is 4.74 Å². The summed E-state index contributed by atoms with van der Waals surface area (Å²) in [4.78, 5) is 17.1. The molecule has 0 saturated heterocycles. The van der Waals surface area contributed by atoms with Gasteiger partial charge in [0.2, 0.25) is 0 Å². The number of hydrogen-bond donors (Lipinski definition) is 2. The van der Waals surface area contributed by atoms with Crippen molar-refractivity contribution in [3.05, 3.63) is 53.9 Å². The van der Waals surface area contributed by atoms with Gasteiger partial charge in [0.15, 0.2) is 17.3 Å². The van der Waals surface area contributed by atoms with Crippen LogP contribution in [0.3, 0.4) is 0 Å². The highest BCUT2D eigenvalue weighted by Gasteiger charge is 2.20. The zero-order valence-electron chi connectivity index (χ0n) is 15.8. The minimum absolute atomic E-state index is 0.0504. The Morgan fingerprint density at radius 1 is 1.21 bits per heavy atom. The number of aliphatic hydroxyl groups is 1. The van der Waals surface area contributed by atoms with E-state index in [1.54, 1.807) is 29.8 Å². The Balaban J connectivity index is 1.52. The van der Waals surface area contributed by atoms with Crippen LogP contribution >= 0.6 is 0 Å². The first-order chi connectivity index (χ1) is 13.6. The summed E-state index contributed by atoms with van der Waals surface area (Å²) < 4.78 is 6.94. The smallest absolute Gasteiger partial charge is 0.170 e.